The lowest BCUT2D eigenvalue weighted by molar-refractivity contribution is 0.193. The Balaban J connectivity index is 1.59. The SMILES string of the molecule is Cn1nccc1C1CCN(C(=O)Nc2ccc(S(C)=O)c(F)c2)CC1. The minimum atomic E-state index is -1.39. The van der Waals surface area contributed by atoms with E-state index in [1.165, 1.54) is 24.1 Å². The fraction of sp³-hybridized carbons (Fsp3) is 0.412. The molecule has 2 heterocycles. The number of hydrogen-bond acceptors (Lipinski definition) is 3. The molecule has 134 valence electrons. The summed E-state index contributed by atoms with van der Waals surface area (Å²) in [7, 11) is 0.535. The molecule has 0 radical (unpaired) electrons. The number of anilines is 1. The second-order valence-corrected chi connectivity index (χ2v) is 7.52. The largest absolute Gasteiger partial charge is 0.324 e. The van der Waals surface area contributed by atoms with E-state index in [2.05, 4.69) is 10.4 Å². The van der Waals surface area contributed by atoms with Gasteiger partial charge in [0.2, 0.25) is 0 Å². The quantitative estimate of drug-likeness (QED) is 0.911. The van der Waals surface area contributed by atoms with Crippen LogP contribution in [-0.2, 0) is 17.8 Å². The summed E-state index contributed by atoms with van der Waals surface area (Å²) in [6.45, 7) is 1.28. The molecule has 3 rings (SSSR count). The summed E-state index contributed by atoms with van der Waals surface area (Å²) < 4.78 is 27.1. The first-order valence-corrected chi connectivity index (χ1v) is 9.68. The van der Waals surface area contributed by atoms with E-state index in [1.54, 1.807) is 17.2 Å². The van der Waals surface area contributed by atoms with E-state index >= 15 is 0 Å². The lowest BCUT2D eigenvalue weighted by atomic mass is 9.93. The zero-order chi connectivity index (χ0) is 18.0. The third kappa shape index (κ3) is 3.89. The number of aromatic nitrogens is 2. The van der Waals surface area contributed by atoms with Gasteiger partial charge in [0.25, 0.3) is 0 Å². The summed E-state index contributed by atoms with van der Waals surface area (Å²) in [5.74, 6) is -0.179. The van der Waals surface area contributed by atoms with Crippen molar-refractivity contribution in [1.82, 2.24) is 14.7 Å². The first-order valence-electron chi connectivity index (χ1n) is 8.12. The number of urea groups is 1. The first kappa shape index (κ1) is 17.6. The standard InChI is InChI=1S/C17H21FN4O2S/c1-21-15(5-8-19-21)12-6-9-22(10-7-12)17(23)20-13-3-4-16(25(2)24)14(18)11-13/h3-5,8,11-12H,6-7,9-10H2,1-2H3,(H,20,23). The van der Waals surface area contributed by atoms with Crippen LogP contribution in [0.25, 0.3) is 0 Å². The van der Waals surface area contributed by atoms with E-state index in [0.29, 0.717) is 24.7 Å². The summed E-state index contributed by atoms with van der Waals surface area (Å²) in [5.41, 5.74) is 1.55. The Labute approximate surface area is 148 Å². The average Bonchev–Trinajstić information content (AvgIpc) is 3.00. The maximum absolute atomic E-state index is 13.9. The summed E-state index contributed by atoms with van der Waals surface area (Å²) in [6, 6.07) is 5.99. The molecule has 1 aliphatic heterocycles. The minimum Gasteiger partial charge on any atom is -0.324 e. The number of rotatable bonds is 3. The monoisotopic (exact) mass is 364 g/mol. The highest BCUT2D eigenvalue weighted by Crippen LogP contribution is 2.27. The van der Waals surface area contributed by atoms with Gasteiger partial charge in [0.05, 0.1) is 15.7 Å². The van der Waals surface area contributed by atoms with Crippen LogP contribution in [0.3, 0.4) is 0 Å². The fourth-order valence-corrected chi connectivity index (χ4v) is 3.77. The Hall–Kier alpha value is -2.22. The van der Waals surface area contributed by atoms with E-state index in [-0.39, 0.29) is 10.9 Å². The van der Waals surface area contributed by atoms with Gasteiger partial charge in [-0.05, 0) is 37.1 Å². The molecule has 1 aromatic carbocycles. The van der Waals surface area contributed by atoms with Crippen LogP contribution in [0.15, 0.2) is 35.4 Å². The van der Waals surface area contributed by atoms with Crippen molar-refractivity contribution in [3.63, 3.8) is 0 Å². The molecule has 1 unspecified atom stereocenters. The van der Waals surface area contributed by atoms with Crippen molar-refractivity contribution < 1.29 is 13.4 Å². The summed E-state index contributed by atoms with van der Waals surface area (Å²) in [6.07, 6.45) is 4.95. The Morgan fingerprint density at radius 3 is 2.60 bits per heavy atom. The summed E-state index contributed by atoms with van der Waals surface area (Å²) >= 11 is 0. The van der Waals surface area contributed by atoms with E-state index < -0.39 is 16.6 Å². The number of likely N-dealkylation sites (tertiary alicyclic amines) is 1. The van der Waals surface area contributed by atoms with Gasteiger partial charge in [0.15, 0.2) is 0 Å². The average molecular weight is 364 g/mol. The van der Waals surface area contributed by atoms with Crippen molar-refractivity contribution >= 4 is 22.5 Å². The number of hydrogen-bond donors (Lipinski definition) is 1. The Kier molecular flexibility index (Phi) is 5.17. The second-order valence-electron chi connectivity index (χ2n) is 6.17. The van der Waals surface area contributed by atoms with Crippen LogP contribution >= 0.6 is 0 Å². The molecule has 0 bridgehead atoms. The van der Waals surface area contributed by atoms with Crippen molar-refractivity contribution in [3.05, 3.63) is 42.0 Å². The molecule has 1 aromatic heterocycles. The maximum atomic E-state index is 13.9. The maximum Gasteiger partial charge on any atom is 0.321 e. The van der Waals surface area contributed by atoms with E-state index in [9.17, 15) is 13.4 Å². The molecule has 0 saturated carbocycles. The number of amides is 2. The van der Waals surface area contributed by atoms with Crippen LogP contribution in [-0.4, -0.2) is 44.3 Å². The molecule has 1 saturated heterocycles. The number of aryl methyl sites for hydroxylation is 1. The van der Waals surface area contributed by atoms with Crippen LogP contribution in [0.2, 0.25) is 0 Å². The number of carbonyl (C=O) groups excluding carboxylic acids is 1. The first-order chi connectivity index (χ1) is 12.0. The van der Waals surface area contributed by atoms with Gasteiger partial charge in [-0.15, -0.1) is 0 Å². The number of halogens is 1. The predicted molar refractivity (Wildman–Crippen MR) is 94.5 cm³/mol. The van der Waals surface area contributed by atoms with Crippen LogP contribution < -0.4 is 5.32 Å². The summed E-state index contributed by atoms with van der Waals surface area (Å²) in [4.78, 5) is 14.2. The van der Waals surface area contributed by atoms with Gasteiger partial charge in [0, 0.05) is 49.9 Å². The topological polar surface area (TPSA) is 67.2 Å². The normalized spacial score (nSPS) is 16.7. The molecular weight excluding hydrogens is 343 g/mol. The van der Waals surface area contributed by atoms with Crippen molar-refractivity contribution in [2.45, 2.75) is 23.7 Å². The molecule has 8 heteroatoms. The molecule has 1 atom stereocenters. The van der Waals surface area contributed by atoms with Crippen LogP contribution in [0, 0.1) is 5.82 Å². The predicted octanol–water partition coefficient (Wildman–Crippen LogP) is 2.71. The van der Waals surface area contributed by atoms with E-state index in [0.717, 1.165) is 12.8 Å². The zero-order valence-electron chi connectivity index (χ0n) is 14.2. The molecule has 2 amide bonds. The smallest absolute Gasteiger partial charge is 0.321 e. The van der Waals surface area contributed by atoms with Crippen LogP contribution in [0.5, 0.6) is 0 Å². The Bertz CT molecular complexity index is 800. The molecule has 25 heavy (non-hydrogen) atoms. The Morgan fingerprint density at radius 2 is 2.04 bits per heavy atom. The van der Waals surface area contributed by atoms with Crippen LogP contribution in [0.1, 0.15) is 24.5 Å². The van der Waals surface area contributed by atoms with Gasteiger partial charge in [-0.25, -0.2) is 9.18 Å². The highest BCUT2D eigenvalue weighted by atomic mass is 32.2. The van der Waals surface area contributed by atoms with Crippen molar-refractivity contribution in [2.75, 3.05) is 24.7 Å². The molecule has 1 aliphatic rings. The van der Waals surface area contributed by atoms with Gasteiger partial charge < -0.3 is 10.2 Å². The number of benzene rings is 1. The lowest BCUT2D eigenvalue weighted by Crippen LogP contribution is -2.40. The molecule has 0 aliphatic carbocycles. The Morgan fingerprint density at radius 1 is 1.32 bits per heavy atom. The number of nitrogens with one attached hydrogen (secondary N) is 1. The number of piperidine rings is 1. The molecule has 0 spiro atoms. The van der Waals surface area contributed by atoms with Gasteiger partial charge >= 0.3 is 6.03 Å². The van der Waals surface area contributed by atoms with Crippen molar-refractivity contribution in [2.24, 2.45) is 7.05 Å². The van der Waals surface area contributed by atoms with E-state index in [1.807, 2.05) is 17.8 Å². The molecule has 1 N–H and O–H groups in total. The van der Waals surface area contributed by atoms with Gasteiger partial charge in [-0.3, -0.25) is 8.89 Å². The lowest BCUT2D eigenvalue weighted by Gasteiger charge is -2.32. The van der Waals surface area contributed by atoms with Gasteiger partial charge in [0.1, 0.15) is 5.82 Å². The number of nitrogens with zero attached hydrogens (tertiary/aromatic N) is 3. The highest BCUT2D eigenvalue weighted by molar-refractivity contribution is 7.84. The van der Waals surface area contributed by atoms with Gasteiger partial charge in [-0.1, -0.05) is 0 Å². The van der Waals surface area contributed by atoms with E-state index in [4.69, 9.17) is 0 Å². The molecular formula is C17H21FN4O2S. The van der Waals surface area contributed by atoms with Crippen LogP contribution in [0.4, 0.5) is 14.9 Å². The molecule has 6 nitrogen and oxygen atoms in total. The fourth-order valence-electron chi connectivity index (χ4n) is 3.18. The molecule has 2 aromatic rings. The van der Waals surface area contributed by atoms with Crippen molar-refractivity contribution in [3.8, 4) is 0 Å². The second kappa shape index (κ2) is 7.35. The zero-order valence-corrected chi connectivity index (χ0v) is 15.1. The number of carbonyl (C=O) groups is 1. The molecule has 1 fully saturated rings. The van der Waals surface area contributed by atoms with Gasteiger partial charge in [-0.2, -0.15) is 5.10 Å². The highest BCUT2D eigenvalue weighted by Gasteiger charge is 2.25. The van der Waals surface area contributed by atoms with Crippen molar-refractivity contribution in [1.29, 1.82) is 0 Å². The summed E-state index contributed by atoms with van der Waals surface area (Å²) in [5, 5.41) is 6.91. The third-order valence-electron chi connectivity index (χ3n) is 4.55. The third-order valence-corrected chi connectivity index (χ3v) is 5.50. The minimum absolute atomic E-state index is 0.134.